The molecular weight excluding hydrogens is 360 g/mol. The number of hydrogen-bond acceptors (Lipinski definition) is 5. The highest BCUT2D eigenvalue weighted by Gasteiger charge is 2.07. The van der Waals surface area contributed by atoms with Crippen molar-refractivity contribution in [3.05, 3.63) is 70.9 Å². The molecule has 2 aromatic rings. The van der Waals surface area contributed by atoms with Gasteiger partial charge >= 0.3 is 5.97 Å². The molecule has 0 amide bonds. The van der Waals surface area contributed by atoms with Crippen LogP contribution in [0.15, 0.2) is 65.4 Å². The lowest BCUT2D eigenvalue weighted by atomic mass is 10.1. The number of hydrogen-bond donors (Lipinski definition) is 2. The summed E-state index contributed by atoms with van der Waals surface area (Å²) in [5.41, 5.74) is 2.85. The second-order valence-corrected chi connectivity index (χ2v) is 6.49. The Labute approximate surface area is 163 Å². The Bertz CT molecular complexity index is 865. The highest BCUT2D eigenvalue weighted by Crippen LogP contribution is 2.17. The molecule has 0 atom stereocenters. The highest BCUT2D eigenvalue weighted by molar-refractivity contribution is 8.03. The average molecular weight is 385 g/mol. The van der Waals surface area contributed by atoms with Gasteiger partial charge in [-0.15, -0.1) is 11.8 Å². The van der Waals surface area contributed by atoms with E-state index < -0.39 is 0 Å². The average Bonchev–Trinajstić information content (AvgIpc) is 3.10. The van der Waals surface area contributed by atoms with Crippen molar-refractivity contribution in [2.45, 2.75) is 13.3 Å². The predicted molar refractivity (Wildman–Crippen MR) is 112 cm³/mol. The highest BCUT2D eigenvalue weighted by atomic mass is 32.2. The van der Waals surface area contributed by atoms with Gasteiger partial charge in [0, 0.05) is 35.4 Å². The van der Waals surface area contributed by atoms with E-state index in [-0.39, 0.29) is 5.97 Å². The number of H-pyrrole nitrogens is 1. The molecule has 1 aromatic carbocycles. The van der Waals surface area contributed by atoms with Crippen molar-refractivity contribution in [1.82, 2.24) is 10.3 Å². The van der Waals surface area contributed by atoms with Gasteiger partial charge in [-0.05, 0) is 37.3 Å². The molecule has 0 aliphatic rings. The number of aromatic amines is 1. The van der Waals surface area contributed by atoms with Crippen molar-refractivity contribution < 1.29 is 14.3 Å². The number of carbonyl (C=O) groups is 2. The normalized spacial score (nSPS) is 12.5. The van der Waals surface area contributed by atoms with E-state index in [1.54, 1.807) is 37.6 Å². The molecular formula is C21H24N2O3S. The fraction of sp³-hybridized carbons (Fsp3) is 0.238. The summed E-state index contributed by atoms with van der Waals surface area (Å²) in [4.78, 5) is 26.6. The van der Waals surface area contributed by atoms with Crippen LogP contribution in [0.2, 0.25) is 0 Å². The van der Waals surface area contributed by atoms with E-state index in [0.717, 1.165) is 18.2 Å². The summed E-state index contributed by atoms with van der Waals surface area (Å²) in [5, 5.41) is 4.37. The van der Waals surface area contributed by atoms with Crippen molar-refractivity contribution >= 4 is 34.9 Å². The number of carbonyl (C=O) groups excluding carboxylic acids is 2. The molecule has 2 rings (SSSR count). The fourth-order valence-electron chi connectivity index (χ4n) is 2.52. The Kier molecular flexibility index (Phi) is 8.45. The quantitative estimate of drug-likeness (QED) is 0.215. The number of ether oxygens (including phenoxy) is 1. The van der Waals surface area contributed by atoms with Crippen LogP contribution in [0.3, 0.4) is 0 Å². The lowest BCUT2D eigenvalue weighted by Crippen LogP contribution is -2.10. The van der Waals surface area contributed by atoms with E-state index >= 15 is 0 Å². The number of aromatic nitrogens is 1. The molecule has 0 unspecified atom stereocenters. The Balaban J connectivity index is 1.90. The number of fused-ring (bicyclic) bond motifs is 1. The molecule has 0 saturated heterocycles. The van der Waals surface area contributed by atoms with Gasteiger partial charge in [-0.2, -0.15) is 0 Å². The molecule has 0 saturated carbocycles. The first kappa shape index (κ1) is 20.6. The minimum absolute atomic E-state index is 0.334. The minimum Gasteiger partial charge on any atom is -0.462 e. The van der Waals surface area contributed by atoms with Crippen LogP contribution in [-0.4, -0.2) is 36.6 Å². The maximum Gasteiger partial charge on any atom is 0.344 e. The SMILES string of the molecule is CCOC(=O)/C(=C/C=C/C(C=O)=C/NCCc1c[nH]c2ccccc12)SC. The number of nitrogens with one attached hydrogen (secondary N) is 2. The van der Waals surface area contributed by atoms with Crippen LogP contribution in [0.5, 0.6) is 0 Å². The zero-order chi connectivity index (χ0) is 19.5. The summed E-state index contributed by atoms with van der Waals surface area (Å²) in [5.74, 6) is -0.358. The first-order chi connectivity index (χ1) is 13.2. The van der Waals surface area contributed by atoms with Crippen LogP contribution < -0.4 is 5.32 Å². The first-order valence-electron chi connectivity index (χ1n) is 8.72. The Morgan fingerprint density at radius 2 is 2.15 bits per heavy atom. The topological polar surface area (TPSA) is 71.2 Å². The lowest BCUT2D eigenvalue weighted by Gasteiger charge is -2.02. The first-order valence-corrected chi connectivity index (χ1v) is 9.95. The van der Waals surface area contributed by atoms with Crippen LogP contribution in [-0.2, 0) is 20.7 Å². The van der Waals surface area contributed by atoms with Gasteiger partial charge in [0.2, 0.25) is 0 Å². The molecule has 0 aliphatic heterocycles. The standard InChI is InChI=1S/C21H24N2O3S/c1-3-26-21(25)20(27-2)10-6-7-16(15-24)13-22-12-11-17-14-23-19-9-5-4-8-18(17)19/h4-10,13-15,22-23H,3,11-12H2,1-2H3/b7-6+,16-13-,20-10-. The van der Waals surface area contributed by atoms with Gasteiger partial charge in [0.05, 0.1) is 11.5 Å². The monoisotopic (exact) mass is 384 g/mol. The van der Waals surface area contributed by atoms with E-state index in [1.807, 2.05) is 24.4 Å². The predicted octanol–water partition coefficient (Wildman–Crippen LogP) is 3.75. The van der Waals surface area contributed by atoms with Gasteiger partial charge in [-0.3, -0.25) is 4.79 Å². The van der Waals surface area contributed by atoms with Crippen molar-refractivity contribution in [2.24, 2.45) is 0 Å². The van der Waals surface area contributed by atoms with Gasteiger partial charge in [0.25, 0.3) is 0 Å². The number of allylic oxidation sites excluding steroid dienone is 4. The number of thioether (sulfide) groups is 1. The van der Waals surface area contributed by atoms with Gasteiger partial charge < -0.3 is 15.0 Å². The Hall–Kier alpha value is -2.73. The van der Waals surface area contributed by atoms with Crippen LogP contribution >= 0.6 is 11.8 Å². The number of para-hydroxylation sites is 1. The Morgan fingerprint density at radius 1 is 1.33 bits per heavy atom. The zero-order valence-corrected chi connectivity index (χ0v) is 16.3. The van der Waals surface area contributed by atoms with E-state index in [1.165, 1.54) is 22.7 Å². The van der Waals surface area contributed by atoms with E-state index in [0.29, 0.717) is 23.6 Å². The molecule has 0 fully saturated rings. The largest absolute Gasteiger partial charge is 0.462 e. The summed E-state index contributed by atoms with van der Waals surface area (Å²) in [7, 11) is 0. The second kappa shape index (κ2) is 11.1. The molecule has 142 valence electrons. The van der Waals surface area contributed by atoms with E-state index in [9.17, 15) is 9.59 Å². The van der Waals surface area contributed by atoms with E-state index in [2.05, 4.69) is 16.4 Å². The summed E-state index contributed by atoms with van der Waals surface area (Å²) in [6.07, 6.45) is 12.1. The number of aldehydes is 1. The maximum absolute atomic E-state index is 11.7. The van der Waals surface area contributed by atoms with Crippen molar-refractivity contribution in [3.63, 3.8) is 0 Å². The van der Waals surface area contributed by atoms with Crippen LogP contribution in [0.4, 0.5) is 0 Å². The zero-order valence-electron chi connectivity index (χ0n) is 15.5. The number of benzene rings is 1. The lowest BCUT2D eigenvalue weighted by molar-refractivity contribution is -0.137. The molecule has 5 nitrogen and oxygen atoms in total. The molecule has 2 N–H and O–H groups in total. The van der Waals surface area contributed by atoms with Crippen LogP contribution in [0, 0.1) is 0 Å². The van der Waals surface area contributed by atoms with Gasteiger partial charge in [-0.25, -0.2) is 4.79 Å². The molecule has 6 heteroatoms. The molecule has 0 radical (unpaired) electrons. The summed E-state index contributed by atoms with van der Waals surface area (Å²) < 4.78 is 4.96. The molecule has 27 heavy (non-hydrogen) atoms. The Morgan fingerprint density at radius 3 is 2.89 bits per heavy atom. The molecule has 0 aliphatic carbocycles. The minimum atomic E-state index is -0.358. The number of rotatable bonds is 10. The molecule has 1 heterocycles. The van der Waals surface area contributed by atoms with Crippen LogP contribution in [0.25, 0.3) is 10.9 Å². The van der Waals surface area contributed by atoms with Crippen LogP contribution in [0.1, 0.15) is 12.5 Å². The summed E-state index contributed by atoms with van der Waals surface area (Å²) in [6, 6.07) is 8.17. The third kappa shape index (κ3) is 6.18. The summed E-state index contributed by atoms with van der Waals surface area (Å²) >= 11 is 1.31. The fourth-order valence-corrected chi connectivity index (χ4v) is 2.97. The second-order valence-electron chi connectivity index (χ2n) is 5.64. The smallest absolute Gasteiger partial charge is 0.344 e. The molecule has 0 spiro atoms. The van der Waals surface area contributed by atoms with Crippen molar-refractivity contribution in [1.29, 1.82) is 0 Å². The van der Waals surface area contributed by atoms with E-state index in [4.69, 9.17) is 4.74 Å². The number of esters is 1. The van der Waals surface area contributed by atoms with Gasteiger partial charge in [0.1, 0.15) is 0 Å². The van der Waals surface area contributed by atoms with Crippen molar-refractivity contribution in [2.75, 3.05) is 19.4 Å². The third-order valence-electron chi connectivity index (χ3n) is 3.85. The molecule has 0 bridgehead atoms. The third-order valence-corrected chi connectivity index (χ3v) is 4.59. The summed E-state index contributed by atoms with van der Waals surface area (Å²) in [6.45, 7) is 2.81. The molecule has 1 aromatic heterocycles. The van der Waals surface area contributed by atoms with Gasteiger partial charge in [-0.1, -0.05) is 30.4 Å². The van der Waals surface area contributed by atoms with Gasteiger partial charge in [0.15, 0.2) is 6.29 Å². The maximum atomic E-state index is 11.7. The van der Waals surface area contributed by atoms with Crippen molar-refractivity contribution in [3.8, 4) is 0 Å².